The van der Waals surface area contributed by atoms with Crippen molar-refractivity contribution in [1.29, 1.82) is 0 Å². The molecule has 1 unspecified atom stereocenters. The predicted octanol–water partition coefficient (Wildman–Crippen LogP) is 4.04. The van der Waals surface area contributed by atoms with E-state index in [1.54, 1.807) is 18.2 Å². The lowest BCUT2D eigenvalue weighted by Crippen LogP contribution is -2.29. The molecule has 0 saturated carbocycles. The van der Waals surface area contributed by atoms with Gasteiger partial charge in [-0.3, -0.25) is 0 Å². The number of benzene rings is 2. The van der Waals surface area contributed by atoms with Crippen LogP contribution in [0.2, 0.25) is 5.02 Å². The van der Waals surface area contributed by atoms with Crippen LogP contribution in [0.25, 0.3) is 0 Å². The quantitative estimate of drug-likeness (QED) is 0.693. The SMILES string of the molecule is COC(CNS(=O)(=O)c1ccc(OCC(C)C)cc1)c1ccccc1Cl. The number of halogens is 1. The topological polar surface area (TPSA) is 64.6 Å². The number of ether oxygens (including phenoxy) is 2. The van der Waals surface area contributed by atoms with E-state index in [1.807, 2.05) is 32.0 Å². The molecule has 0 spiro atoms. The van der Waals surface area contributed by atoms with Gasteiger partial charge >= 0.3 is 0 Å². The molecule has 0 aliphatic heterocycles. The van der Waals surface area contributed by atoms with Crippen molar-refractivity contribution in [3.63, 3.8) is 0 Å². The third kappa shape index (κ3) is 5.71. The van der Waals surface area contributed by atoms with E-state index in [0.717, 1.165) is 5.56 Å². The van der Waals surface area contributed by atoms with E-state index >= 15 is 0 Å². The van der Waals surface area contributed by atoms with Gasteiger partial charge in [-0.25, -0.2) is 13.1 Å². The number of sulfonamides is 1. The second-order valence-electron chi connectivity index (χ2n) is 6.27. The van der Waals surface area contributed by atoms with Gasteiger partial charge in [-0.2, -0.15) is 0 Å². The first kappa shape index (κ1) is 20.7. The van der Waals surface area contributed by atoms with Crippen molar-refractivity contribution < 1.29 is 17.9 Å². The zero-order valence-electron chi connectivity index (χ0n) is 15.1. The number of nitrogens with one attached hydrogen (secondary N) is 1. The predicted molar refractivity (Wildman–Crippen MR) is 103 cm³/mol. The largest absolute Gasteiger partial charge is 0.493 e. The summed E-state index contributed by atoms with van der Waals surface area (Å²) < 4.78 is 38.5. The van der Waals surface area contributed by atoms with Crippen LogP contribution in [0.1, 0.15) is 25.5 Å². The molecule has 0 fully saturated rings. The second kappa shape index (κ2) is 9.37. The van der Waals surface area contributed by atoms with E-state index in [-0.39, 0.29) is 11.4 Å². The van der Waals surface area contributed by atoms with Gasteiger partial charge in [0.1, 0.15) is 5.75 Å². The average molecular weight is 398 g/mol. The summed E-state index contributed by atoms with van der Waals surface area (Å²) >= 11 is 6.16. The van der Waals surface area contributed by atoms with Crippen LogP contribution in [0.4, 0.5) is 0 Å². The molecule has 5 nitrogen and oxygen atoms in total. The molecule has 1 N–H and O–H groups in total. The van der Waals surface area contributed by atoms with Gasteiger partial charge in [0, 0.05) is 24.2 Å². The molecule has 0 amide bonds. The standard InChI is InChI=1S/C19H24ClNO4S/c1-14(2)13-25-15-8-10-16(11-9-15)26(22,23)21-12-19(24-3)17-6-4-5-7-18(17)20/h4-11,14,19,21H,12-13H2,1-3H3. The first-order valence-electron chi connectivity index (χ1n) is 8.33. The van der Waals surface area contributed by atoms with Crippen molar-refractivity contribution in [3.8, 4) is 5.75 Å². The van der Waals surface area contributed by atoms with E-state index < -0.39 is 16.1 Å². The van der Waals surface area contributed by atoms with Crippen molar-refractivity contribution >= 4 is 21.6 Å². The monoisotopic (exact) mass is 397 g/mol. The lowest BCUT2D eigenvalue weighted by atomic mass is 10.1. The van der Waals surface area contributed by atoms with Crippen LogP contribution < -0.4 is 9.46 Å². The molecular formula is C19H24ClNO4S. The molecule has 26 heavy (non-hydrogen) atoms. The van der Waals surface area contributed by atoms with Crippen LogP contribution in [0.3, 0.4) is 0 Å². The van der Waals surface area contributed by atoms with E-state index in [9.17, 15) is 8.42 Å². The highest BCUT2D eigenvalue weighted by atomic mass is 35.5. The molecule has 0 bridgehead atoms. The summed E-state index contributed by atoms with van der Waals surface area (Å²) in [6.07, 6.45) is -0.480. The van der Waals surface area contributed by atoms with Crippen LogP contribution in [0.5, 0.6) is 5.75 Å². The molecular weight excluding hydrogens is 374 g/mol. The Labute approximate surface area is 160 Å². The normalized spacial score (nSPS) is 13.0. The summed E-state index contributed by atoms with van der Waals surface area (Å²) in [7, 11) is -2.15. The first-order chi connectivity index (χ1) is 12.3. The van der Waals surface area contributed by atoms with Crippen molar-refractivity contribution in [2.45, 2.75) is 24.8 Å². The highest BCUT2D eigenvalue weighted by molar-refractivity contribution is 7.89. The molecule has 2 aromatic rings. The minimum atomic E-state index is -3.66. The number of hydrogen-bond acceptors (Lipinski definition) is 4. The molecule has 1 atom stereocenters. The minimum Gasteiger partial charge on any atom is -0.493 e. The van der Waals surface area contributed by atoms with Crippen LogP contribution in [-0.4, -0.2) is 28.7 Å². The summed E-state index contributed by atoms with van der Waals surface area (Å²) in [6, 6.07) is 13.5. The van der Waals surface area contributed by atoms with Crippen LogP contribution in [0.15, 0.2) is 53.4 Å². The molecule has 2 rings (SSSR count). The lowest BCUT2D eigenvalue weighted by Gasteiger charge is -2.18. The Balaban J connectivity index is 2.04. The minimum absolute atomic E-state index is 0.0775. The summed E-state index contributed by atoms with van der Waals surface area (Å²) in [5.74, 6) is 1.04. The summed E-state index contributed by atoms with van der Waals surface area (Å²) in [6.45, 7) is 4.76. The number of hydrogen-bond donors (Lipinski definition) is 1. The molecule has 0 aromatic heterocycles. The molecule has 0 radical (unpaired) electrons. The van der Waals surface area contributed by atoms with Gasteiger partial charge in [0.25, 0.3) is 0 Å². The van der Waals surface area contributed by atoms with Crippen LogP contribution in [-0.2, 0) is 14.8 Å². The maximum Gasteiger partial charge on any atom is 0.240 e. The first-order valence-corrected chi connectivity index (χ1v) is 10.2. The van der Waals surface area contributed by atoms with Gasteiger partial charge in [-0.15, -0.1) is 0 Å². The van der Waals surface area contributed by atoms with E-state index in [1.165, 1.54) is 19.2 Å². The highest BCUT2D eigenvalue weighted by Crippen LogP contribution is 2.25. The van der Waals surface area contributed by atoms with Crippen molar-refractivity contribution in [2.75, 3.05) is 20.3 Å². The van der Waals surface area contributed by atoms with Gasteiger partial charge in [-0.1, -0.05) is 43.6 Å². The van der Waals surface area contributed by atoms with Crippen LogP contribution >= 0.6 is 11.6 Å². The molecule has 7 heteroatoms. The Hall–Kier alpha value is -1.60. The summed E-state index contributed by atoms with van der Waals surface area (Å²) in [5.41, 5.74) is 0.733. The van der Waals surface area contributed by atoms with Gasteiger partial charge in [-0.05, 0) is 36.2 Å². The van der Waals surface area contributed by atoms with Gasteiger partial charge in [0.05, 0.1) is 17.6 Å². The third-order valence-electron chi connectivity index (χ3n) is 3.71. The molecule has 0 aliphatic carbocycles. The molecule has 142 valence electrons. The second-order valence-corrected chi connectivity index (χ2v) is 8.45. The van der Waals surface area contributed by atoms with E-state index in [2.05, 4.69) is 4.72 Å². The van der Waals surface area contributed by atoms with Crippen molar-refractivity contribution in [3.05, 3.63) is 59.1 Å². The highest BCUT2D eigenvalue weighted by Gasteiger charge is 2.19. The van der Waals surface area contributed by atoms with Gasteiger partial charge in [0.15, 0.2) is 0 Å². The maximum absolute atomic E-state index is 12.5. The van der Waals surface area contributed by atoms with Gasteiger partial charge < -0.3 is 9.47 Å². The fourth-order valence-electron chi connectivity index (χ4n) is 2.30. The molecule has 0 aliphatic rings. The van der Waals surface area contributed by atoms with E-state index in [0.29, 0.717) is 23.3 Å². The fourth-order valence-corrected chi connectivity index (χ4v) is 3.59. The smallest absolute Gasteiger partial charge is 0.240 e. The van der Waals surface area contributed by atoms with Crippen molar-refractivity contribution in [2.24, 2.45) is 5.92 Å². The van der Waals surface area contributed by atoms with Crippen LogP contribution in [0, 0.1) is 5.92 Å². The Bertz CT molecular complexity index is 807. The lowest BCUT2D eigenvalue weighted by molar-refractivity contribution is 0.107. The molecule has 2 aromatic carbocycles. The van der Waals surface area contributed by atoms with E-state index in [4.69, 9.17) is 21.1 Å². The fraction of sp³-hybridized carbons (Fsp3) is 0.368. The Kier molecular flexibility index (Phi) is 7.46. The van der Waals surface area contributed by atoms with Gasteiger partial charge in [0.2, 0.25) is 10.0 Å². The average Bonchev–Trinajstić information content (AvgIpc) is 2.62. The summed E-state index contributed by atoms with van der Waals surface area (Å²) in [4.78, 5) is 0.170. The van der Waals surface area contributed by atoms with Crippen molar-refractivity contribution in [1.82, 2.24) is 4.72 Å². The molecule has 0 saturated heterocycles. The third-order valence-corrected chi connectivity index (χ3v) is 5.50. The number of methoxy groups -OCH3 is 1. The zero-order valence-corrected chi connectivity index (χ0v) is 16.7. The summed E-state index contributed by atoms with van der Waals surface area (Å²) in [5, 5.41) is 0.533. The zero-order chi connectivity index (χ0) is 19.2. The number of rotatable bonds is 9. The Morgan fingerprint density at radius 2 is 1.73 bits per heavy atom. The Morgan fingerprint density at radius 1 is 1.08 bits per heavy atom. The Morgan fingerprint density at radius 3 is 2.31 bits per heavy atom. The maximum atomic E-state index is 12.5. The molecule has 0 heterocycles.